The van der Waals surface area contributed by atoms with E-state index in [1.807, 2.05) is 20.8 Å². The van der Waals surface area contributed by atoms with Crippen LogP contribution >= 0.6 is 0 Å². The number of fused-ring (bicyclic) bond motifs is 2. The number of piperidine rings is 1. The molecule has 2 fully saturated rings. The summed E-state index contributed by atoms with van der Waals surface area (Å²) in [5.74, 6) is 0.238. The Labute approximate surface area is 108 Å². The van der Waals surface area contributed by atoms with Crippen molar-refractivity contribution in [3.63, 3.8) is 0 Å². The lowest BCUT2D eigenvalue weighted by Gasteiger charge is -2.43. The highest BCUT2D eigenvalue weighted by Gasteiger charge is 2.41. The van der Waals surface area contributed by atoms with Crippen molar-refractivity contribution >= 4 is 11.9 Å². The van der Waals surface area contributed by atoms with Crippen molar-refractivity contribution in [2.75, 3.05) is 6.54 Å². The van der Waals surface area contributed by atoms with E-state index >= 15 is 0 Å². The van der Waals surface area contributed by atoms with E-state index in [-0.39, 0.29) is 23.8 Å². The smallest absolute Gasteiger partial charge is 0.410 e. The van der Waals surface area contributed by atoms with Gasteiger partial charge in [0.2, 0.25) is 0 Å². The Balaban J connectivity index is 2.09. The van der Waals surface area contributed by atoms with Crippen molar-refractivity contribution in [2.45, 2.75) is 51.7 Å². The fraction of sp³-hybridized carbons (Fsp3) is 0.714. The number of nitrogens with zero attached hydrogens (tertiary/aromatic N) is 1. The minimum absolute atomic E-state index is 0.0394. The van der Waals surface area contributed by atoms with Gasteiger partial charge in [-0.3, -0.25) is 4.79 Å². The number of rotatable bonds is 0. The van der Waals surface area contributed by atoms with Crippen LogP contribution < -0.4 is 0 Å². The van der Waals surface area contributed by atoms with Crippen molar-refractivity contribution in [3.05, 3.63) is 12.2 Å². The van der Waals surface area contributed by atoms with Gasteiger partial charge < -0.3 is 9.64 Å². The number of Topliss-reactive ketones (excluding diaryl/α,β-unsaturated/α-hetero) is 1. The lowest BCUT2D eigenvalue weighted by Crippen LogP contribution is -2.52. The van der Waals surface area contributed by atoms with Crippen LogP contribution in [0.3, 0.4) is 0 Å². The first kappa shape index (κ1) is 13.1. The molecular formula is C14H21NO3. The zero-order valence-electron chi connectivity index (χ0n) is 11.4. The van der Waals surface area contributed by atoms with E-state index in [0.717, 1.165) is 18.4 Å². The molecular weight excluding hydrogens is 230 g/mol. The molecule has 0 radical (unpaired) electrons. The summed E-state index contributed by atoms with van der Waals surface area (Å²) in [4.78, 5) is 25.6. The Bertz CT molecular complexity index is 394. The Hall–Kier alpha value is -1.32. The maximum absolute atomic E-state index is 12.1. The summed E-state index contributed by atoms with van der Waals surface area (Å²) >= 11 is 0. The lowest BCUT2D eigenvalue weighted by atomic mass is 9.76. The average molecular weight is 251 g/mol. The predicted octanol–water partition coefficient (Wildman–Crippen LogP) is 2.53. The molecule has 18 heavy (non-hydrogen) atoms. The summed E-state index contributed by atoms with van der Waals surface area (Å²) in [6.45, 7) is 9.97. The predicted molar refractivity (Wildman–Crippen MR) is 68.2 cm³/mol. The molecule has 1 unspecified atom stereocenters. The standard InChI is InChI=1S/C14H21NO3/c1-9-8-15(13(17)18-14(2,3)4)10-5-6-12(16)11(9)7-10/h10-11H,1,5-8H2,2-4H3/t10-,11?/m1/s1. The van der Waals surface area contributed by atoms with Crippen molar-refractivity contribution < 1.29 is 14.3 Å². The van der Waals surface area contributed by atoms with Gasteiger partial charge in [0.1, 0.15) is 11.4 Å². The number of likely N-dealkylation sites (tertiary alicyclic amines) is 1. The number of hydrogen-bond acceptors (Lipinski definition) is 3. The molecule has 1 amide bonds. The number of hydrogen-bond donors (Lipinski definition) is 0. The molecule has 0 aromatic carbocycles. The fourth-order valence-electron chi connectivity index (χ4n) is 2.67. The van der Waals surface area contributed by atoms with Crippen molar-refractivity contribution in [2.24, 2.45) is 5.92 Å². The van der Waals surface area contributed by atoms with Gasteiger partial charge in [-0.1, -0.05) is 6.58 Å². The Kier molecular flexibility index (Phi) is 3.21. The van der Waals surface area contributed by atoms with Gasteiger partial charge in [-0.2, -0.15) is 0 Å². The van der Waals surface area contributed by atoms with Gasteiger partial charge >= 0.3 is 6.09 Å². The second kappa shape index (κ2) is 4.41. The molecule has 1 saturated carbocycles. The van der Waals surface area contributed by atoms with Crippen LogP contribution in [0.2, 0.25) is 0 Å². The van der Waals surface area contributed by atoms with Gasteiger partial charge in [-0.15, -0.1) is 0 Å². The molecule has 2 atom stereocenters. The molecule has 100 valence electrons. The van der Waals surface area contributed by atoms with E-state index in [1.54, 1.807) is 4.90 Å². The van der Waals surface area contributed by atoms with Crippen LogP contribution in [-0.4, -0.2) is 35.0 Å². The van der Waals surface area contributed by atoms with E-state index < -0.39 is 5.60 Å². The zero-order chi connectivity index (χ0) is 13.5. The summed E-state index contributed by atoms with van der Waals surface area (Å²) in [6, 6.07) is 0.132. The van der Waals surface area contributed by atoms with Crippen LogP contribution in [0.5, 0.6) is 0 Å². The molecule has 4 heteroatoms. The van der Waals surface area contributed by atoms with Gasteiger partial charge in [0, 0.05) is 24.9 Å². The summed E-state index contributed by atoms with van der Waals surface area (Å²) in [6.07, 6.45) is 1.73. The van der Waals surface area contributed by atoms with E-state index in [1.165, 1.54) is 0 Å². The van der Waals surface area contributed by atoms with Gasteiger partial charge in [0.15, 0.2) is 0 Å². The average Bonchev–Trinajstić information content (AvgIpc) is 2.24. The minimum Gasteiger partial charge on any atom is -0.444 e. The van der Waals surface area contributed by atoms with Crippen LogP contribution in [0.1, 0.15) is 40.0 Å². The third kappa shape index (κ3) is 2.57. The normalized spacial score (nSPS) is 28.3. The number of carbonyl (C=O) groups excluding carboxylic acids is 2. The molecule has 1 aliphatic carbocycles. The molecule has 0 aromatic rings. The van der Waals surface area contributed by atoms with Gasteiger partial charge in [0.25, 0.3) is 0 Å². The van der Waals surface area contributed by atoms with Gasteiger partial charge in [0.05, 0.1) is 0 Å². The van der Waals surface area contributed by atoms with Crippen LogP contribution in [0, 0.1) is 5.92 Å². The minimum atomic E-state index is -0.486. The van der Waals surface area contributed by atoms with E-state index in [0.29, 0.717) is 13.0 Å². The number of ether oxygens (including phenoxy) is 1. The van der Waals surface area contributed by atoms with Gasteiger partial charge in [-0.25, -0.2) is 4.79 Å². The molecule has 0 aromatic heterocycles. The van der Waals surface area contributed by atoms with Crippen molar-refractivity contribution in [1.29, 1.82) is 0 Å². The molecule has 2 rings (SSSR count). The molecule has 1 aliphatic heterocycles. The first-order valence-electron chi connectivity index (χ1n) is 6.48. The maximum Gasteiger partial charge on any atom is 0.410 e. The Morgan fingerprint density at radius 2 is 2.11 bits per heavy atom. The lowest BCUT2D eigenvalue weighted by molar-refractivity contribution is -0.126. The summed E-state index contributed by atoms with van der Waals surface area (Å²) < 4.78 is 5.40. The number of ketones is 1. The molecule has 0 N–H and O–H groups in total. The van der Waals surface area contributed by atoms with Crippen LogP contribution in [0.15, 0.2) is 12.2 Å². The largest absolute Gasteiger partial charge is 0.444 e. The number of carbonyl (C=O) groups is 2. The first-order chi connectivity index (χ1) is 8.28. The molecule has 1 saturated heterocycles. The second-order valence-corrected chi connectivity index (χ2v) is 6.21. The van der Waals surface area contributed by atoms with Crippen molar-refractivity contribution in [3.8, 4) is 0 Å². The second-order valence-electron chi connectivity index (χ2n) is 6.21. The van der Waals surface area contributed by atoms with Crippen LogP contribution in [-0.2, 0) is 9.53 Å². The Morgan fingerprint density at radius 1 is 1.44 bits per heavy atom. The first-order valence-corrected chi connectivity index (χ1v) is 6.48. The van der Waals surface area contributed by atoms with Crippen LogP contribution in [0.25, 0.3) is 0 Å². The van der Waals surface area contributed by atoms with E-state index in [9.17, 15) is 9.59 Å². The molecule has 4 nitrogen and oxygen atoms in total. The topological polar surface area (TPSA) is 46.6 Å². The highest BCUT2D eigenvalue weighted by molar-refractivity contribution is 5.85. The maximum atomic E-state index is 12.1. The highest BCUT2D eigenvalue weighted by atomic mass is 16.6. The summed E-state index contributed by atoms with van der Waals surface area (Å²) in [5.41, 5.74) is 0.363. The molecule has 0 spiro atoms. The highest BCUT2D eigenvalue weighted by Crippen LogP contribution is 2.35. The summed E-state index contributed by atoms with van der Waals surface area (Å²) in [7, 11) is 0. The fourth-order valence-corrected chi connectivity index (χ4v) is 2.67. The SMILES string of the molecule is C=C1CN(C(=O)OC(C)(C)C)[C@@H]2CCC(=O)C1C2. The summed E-state index contributed by atoms with van der Waals surface area (Å²) in [5, 5.41) is 0. The van der Waals surface area contributed by atoms with Crippen LogP contribution in [0.4, 0.5) is 4.79 Å². The Morgan fingerprint density at radius 3 is 2.72 bits per heavy atom. The monoisotopic (exact) mass is 251 g/mol. The quantitative estimate of drug-likeness (QED) is 0.621. The van der Waals surface area contributed by atoms with Crippen molar-refractivity contribution in [1.82, 2.24) is 4.90 Å². The van der Waals surface area contributed by atoms with Gasteiger partial charge in [-0.05, 0) is 39.2 Å². The zero-order valence-corrected chi connectivity index (χ0v) is 11.4. The molecule has 1 heterocycles. The molecule has 2 aliphatic rings. The van der Waals surface area contributed by atoms with E-state index in [4.69, 9.17) is 4.74 Å². The third-order valence-corrected chi connectivity index (χ3v) is 3.56. The number of amides is 1. The molecule has 2 bridgehead atoms. The third-order valence-electron chi connectivity index (χ3n) is 3.56. The van der Waals surface area contributed by atoms with E-state index in [2.05, 4.69) is 6.58 Å².